The summed E-state index contributed by atoms with van der Waals surface area (Å²) in [5.41, 5.74) is 5.59. The van der Waals surface area contributed by atoms with Crippen molar-refractivity contribution in [2.24, 2.45) is 0 Å². The third kappa shape index (κ3) is 3.48. The molecular formula is C27H17Cl2N7O. The second kappa shape index (κ2) is 8.40. The van der Waals surface area contributed by atoms with E-state index in [4.69, 9.17) is 38.0 Å². The number of hydrogen-bond donors (Lipinski definition) is 0. The van der Waals surface area contributed by atoms with Gasteiger partial charge in [-0.3, -0.25) is 4.98 Å². The van der Waals surface area contributed by atoms with E-state index in [0.29, 0.717) is 33.3 Å². The van der Waals surface area contributed by atoms with E-state index < -0.39 is 0 Å². The van der Waals surface area contributed by atoms with E-state index in [0.717, 1.165) is 33.6 Å². The number of ether oxygens (including phenoxy) is 1. The van der Waals surface area contributed by atoms with Crippen LogP contribution >= 0.6 is 23.2 Å². The molecule has 0 fully saturated rings. The number of fused-ring (bicyclic) bond motifs is 4. The fourth-order valence-corrected chi connectivity index (χ4v) is 5.20. The van der Waals surface area contributed by atoms with Gasteiger partial charge in [0.25, 0.3) is 0 Å². The monoisotopic (exact) mass is 525 g/mol. The molecule has 0 amide bonds. The molecule has 180 valence electrons. The second-order valence-corrected chi connectivity index (χ2v) is 9.51. The SMILES string of the molecule is Cc1nn(-c2cccc(Cl)c2)c2c1[C@H](c1cccnc1)c1c(ncn3nc(-c4ccccc4Cl)nc13)O2. The van der Waals surface area contributed by atoms with Gasteiger partial charge >= 0.3 is 0 Å². The van der Waals surface area contributed by atoms with Crippen molar-refractivity contribution in [1.29, 1.82) is 0 Å². The van der Waals surface area contributed by atoms with Gasteiger partial charge in [0, 0.05) is 23.0 Å². The Morgan fingerprint density at radius 2 is 1.84 bits per heavy atom. The molecule has 37 heavy (non-hydrogen) atoms. The van der Waals surface area contributed by atoms with Crippen molar-refractivity contribution >= 4 is 28.8 Å². The van der Waals surface area contributed by atoms with E-state index in [9.17, 15) is 0 Å². The Bertz CT molecular complexity index is 1810. The van der Waals surface area contributed by atoms with Crippen molar-refractivity contribution in [2.45, 2.75) is 12.8 Å². The highest BCUT2D eigenvalue weighted by atomic mass is 35.5. The smallest absolute Gasteiger partial charge is 0.230 e. The Morgan fingerprint density at radius 3 is 2.65 bits per heavy atom. The molecule has 0 saturated heterocycles. The minimum atomic E-state index is -0.292. The van der Waals surface area contributed by atoms with Gasteiger partial charge in [0.1, 0.15) is 6.33 Å². The van der Waals surface area contributed by atoms with E-state index >= 15 is 0 Å². The average Bonchev–Trinajstić information content (AvgIpc) is 3.49. The Morgan fingerprint density at radius 1 is 0.946 bits per heavy atom. The lowest BCUT2D eigenvalue weighted by Gasteiger charge is -2.26. The van der Waals surface area contributed by atoms with E-state index in [-0.39, 0.29) is 5.92 Å². The minimum Gasteiger partial charge on any atom is -0.420 e. The lowest BCUT2D eigenvalue weighted by atomic mass is 9.85. The topological polar surface area (TPSA) is 83.0 Å². The minimum absolute atomic E-state index is 0.292. The molecule has 1 atom stereocenters. The molecule has 0 aliphatic carbocycles. The standard InChI is InChI=1S/C27H17Cl2N7O/c1-15-21-22(16-6-5-11-30-13-16)23-25-32-24(19-9-2-3-10-20(19)29)34-35(25)14-31-26(23)37-27(21)36(33-15)18-8-4-7-17(28)12-18/h2-14,22H,1H3/t22-/m0/s1. The highest BCUT2D eigenvalue weighted by Gasteiger charge is 2.38. The second-order valence-electron chi connectivity index (χ2n) is 8.66. The predicted octanol–water partition coefficient (Wildman–Crippen LogP) is 6.27. The summed E-state index contributed by atoms with van der Waals surface area (Å²) < 4.78 is 9.86. The molecule has 5 heterocycles. The number of halogens is 2. The van der Waals surface area contributed by atoms with Crippen LogP contribution in [0.3, 0.4) is 0 Å². The molecule has 10 heteroatoms. The average molecular weight is 526 g/mol. The number of benzene rings is 2. The number of nitrogens with zero attached hydrogens (tertiary/aromatic N) is 7. The van der Waals surface area contributed by atoms with Crippen LogP contribution in [0.5, 0.6) is 11.8 Å². The van der Waals surface area contributed by atoms with Gasteiger partial charge in [0.2, 0.25) is 11.8 Å². The first-order chi connectivity index (χ1) is 18.1. The van der Waals surface area contributed by atoms with Crippen LogP contribution in [0.4, 0.5) is 0 Å². The molecule has 8 nitrogen and oxygen atoms in total. The molecule has 2 aromatic carbocycles. The maximum absolute atomic E-state index is 6.46. The summed E-state index contributed by atoms with van der Waals surface area (Å²) >= 11 is 12.7. The summed E-state index contributed by atoms with van der Waals surface area (Å²) in [6.45, 7) is 1.96. The summed E-state index contributed by atoms with van der Waals surface area (Å²) in [6.07, 6.45) is 5.19. The highest BCUT2D eigenvalue weighted by molar-refractivity contribution is 6.33. The molecule has 0 bridgehead atoms. The maximum Gasteiger partial charge on any atom is 0.230 e. The van der Waals surface area contributed by atoms with Crippen molar-refractivity contribution in [3.05, 3.63) is 112 Å². The zero-order valence-corrected chi connectivity index (χ0v) is 20.9. The van der Waals surface area contributed by atoms with E-state index in [1.165, 1.54) is 0 Å². The van der Waals surface area contributed by atoms with Crippen LogP contribution in [0, 0.1) is 6.92 Å². The zero-order chi connectivity index (χ0) is 25.1. The van der Waals surface area contributed by atoms with Crippen LogP contribution in [0.25, 0.3) is 22.7 Å². The first kappa shape index (κ1) is 22.0. The number of aryl methyl sites for hydroxylation is 1. The van der Waals surface area contributed by atoms with Crippen LogP contribution in [-0.4, -0.2) is 34.3 Å². The van der Waals surface area contributed by atoms with Gasteiger partial charge in [-0.15, -0.1) is 5.10 Å². The van der Waals surface area contributed by atoms with Crippen molar-refractivity contribution in [1.82, 2.24) is 34.3 Å². The predicted molar refractivity (Wildman–Crippen MR) is 140 cm³/mol. The molecule has 0 saturated carbocycles. The van der Waals surface area contributed by atoms with Crippen LogP contribution in [-0.2, 0) is 0 Å². The van der Waals surface area contributed by atoms with Crippen LogP contribution < -0.4 is 4.74 Å². The Balaban J connectivity index is 1.49. The Labute approximate surface area is 221 Å². The van der Waals surface area contributed by atoms with Crippen LogP contribution in [0.2, 0.25) is 10.0 Å². The van der Waals surface area contributed by atoms with Gasteiger partial charge in [0.05, 0.1) is 33.4 Å². The van der Waals surface area contributed by atoms with Gasteiger partial charge in [-0.1, -0.05) is 47.5 Å². The molecule has 7 rings (SSSR count). The normalized spacial score (nSPS) is 14.3. The van der Waals surface area contributed by atoms with Gasteiger partial charge in [-0.2, -0.15) is 5.10 Å². The van der Waals surface area contributed by atoms with Crippen molar-refractivity contribution in [2.75, 3.05) is 0 Å². The third-order valence-corrected chi connectivity index (χ3v) is 6.97. The first-order valence-corrected chi connectivity index (χ1v) is 12.3. The first-order valence-electron chi connectivity index (χ1n) is 11.5. The van der Waals surface area contributed by atoms with E-state index in [1.807, 2.05) is 73.8 Å². The summed E-state index contributed by atoms with van der Waals surface area (Å²) in [5.74, 6) is 1.21. The summed E-state index contributed by atoms with van der Waals surface area (Å²) in [6, 6.07) is 18.9. The Hall–Kier alpha value is -4.27. The molecule has 0 unspecified atom stereocenters. The fourth-order valence-electron chi connectivity index (χ4n) is 4.80. The number of rotatable bonds is 3. The molecule has 4 aromatic heterocycles. The summed E-state index contributed by atoms with van der Waals surface area (Å²) in [5, 5.41) is 10.7. The molecule has 0 radical (unpaired) electrons. The molecular weight excluding hydrogens is 509 g/mol. The van der Waals surface area contributed by atoms with Gasteiger partial charge in [0.15, 0.2) is 11.5 Å². The molecule has 1 aliphatic rings. The summed E-state index contributed by atoms with van der Waals surface area (Å²) in [7, 11) is 0. The molecule has 1 aliphatic heterocycles. The quantitative estimate of drug-likeness (QED) is 0.270. The molecule has 0 N–H and O–H groups in total. The highest BCUT2D eigenvalue weighted by Crippen LogP contribution is 2.49. The maximum atomic E-state index is 6.46. The number of hydrogen-bond acceptors (Lipinski definition) is 6. The van der Waals surface area contributed by atoms with E-state index in [2.05, 4.69) is 15.1 Å². The fraction of sp³-hybridized carbons (Fsp3) is 0.0741. The number of pyridine rings is 1. The lowest BCUT2D eigenvalue weighted by Crippen LogP contribution is -2.16. The van der Waals surface area contributed by atoms with Crippen LogP contribution in [0.15, 0.2) is 79.4 Å². The third-order valence-electron chi connectivity index (χ3n) is 6.41. The van der Waals surface area contributed by atoms with Crippen LogP contribution in [0.1, 0.15) is 28.3 Å². The Kier molecular flexibility index (Phi) is 4.99. The lowest BCUT2D eigenvalue weighted by molar-refractivity contribution is 0.402. The van der Waals surface area contributed by atoms with Gasteiger partial charge in [-0.05, 0) is 48.9 Å². The van der Waals surface area contributed by atoms with E-state index in [1.54, 1.807) is 21.7 Å². The van der Waals surface area contributed by atoms with Gasteiger partial charge < -0.3 is 4.74 Å². The number of aromatic nitrogens is 7. The van der Waals surface area contributed by atoms with Gasteiger partial charge in [-0.25, -0.2) is 19.2 Å². The largest absolute Gasteiger partial charge is 0.420 e. The van der Waals surface area contributed by atoms with Crippen molar-refractivity contribution in [3.63, 3.8) is 0 Å². The van der Waals surface area contributed by atoms with Crippen molar-refractivity contribution < 1.29 is 4.74 Å². The molecule has 6 aromatic rings. The van der Waals surface area contributed by atoms with Crippen molar-refractivity contribution in [3.8, 4) is 28.8 Å². The summed E-state index contributed by atoms with van der Waals surface area (Å²) in [4.78, 5) is 13.9. The molecule has 0 spiro atoms. The zero-order valence-electron chi connectivity index (χ0n) is 19.4.